The van der Waals surface area contributed by atoms with Gasteiger partial charge in [0.1, 0.15) is 0 Å². The van der Waals surface area contributed by atoms with Gasteiger partial charge in [0.2, 0.25) is 0 Å². The summed E-state index contributed by atoms with van der Waals surface area (Å²) >= 11 is 0. The average Bonchev–Trinajstić information content (AvgIpc) is 2.26. The van der Waals surface area contributed by atoms with Gasteiger partial charge in [-0.1, -0.05) is 39.0 Å². The van der Waals surface area contributed by atoms with Crippen LogP contribution in [0, 0.1) is 6.92 Å². The van der Waals surface area contributed by atoms with E-state index in [1.807, 2.05) is 6.92 Å². The monoisotopic (exact) mass is 236 g/mol. The molecule has 96 valence electrons. The third-order valence-electron chi connectivity index (χ3n) is 3.16. The Balaban J connectivity index is 3.15. The van der Waals surface area contributed by atoms with E-state index in [4.69, 9.17) is 11.5 Å². The largest absolute Gasteiger partial charge is 0.390 e. The molecule has 0 fully saturated rings. The van der Waals surface area contributed by atoms with Crippen LogP contribution in [-0.4, -0.2) is 17.8 Å². The van der Waals surface area contributed by atoms with Gasteiger partial charge in [-0.05, 0) is 29.0 Å². The zero-order chi connectivity index (χ0) is 13.2. The summed E-state index contributed by atoms with van der Waals surface area (Å²) < 4.78 is 0. The van der Waals surface area contributed by atoms with Crippen molar-refractivity contribution in [2.24, 2.45) is 11.5 Å². The van der Waals surface area contributed by atoms with Gasteiger partial charge in [-0.15, -0.1) is 0 Å². The fourth-order valence-corrected chi connectivity index (χ4v) is 1.82. The molecule has 5 N–H and O–H groups in total. The van der Waals surface area contributed by atoms with Crippen LogP contribution in [0.2, 0.25) is 0 Å². The van der Waals surface area contributed by atoms with E-state index in [0.717, 1.165) is 11.1 Å². The quantitative estimate of drug-likeness (QED) is 0.746. The van der Waals surface area contributed by atoms with Crippen LogP contribution < -0.4 is 11.5 Å². The Kier molecular flexibility index (Phi) is 4.31. The molecule has 3 nitrogen and oxygen atoms in total. The van der Waals surface area contributed by atoms with Crippen LogP contribution in [-0.2, 0) is 5.41 Å². The molecule has 0 bridgehead atoms. The number of aryl methyl sites for hydroxylation is 1. The third-order valence-corrected chi connectivity index (χ3v) is 3.16. The van der Waals surface area contributed by atoms with Crippen LogP contribution in [0.15, 0.2) is 18.2 Å². The minimum absolute atomic E-state index is 0.0792. The highest BCUT2D eigenvalue weighted by atomic mass is 16.3. The summed E-state index contributed by atoms with van der Waals surface area (Å²) in [5.41, 5.74) is 14.9. The molecule has 2 atom stereocenters. The highest BCUT2D eigenvalue weighted by molar-refractivity contribution is 5.36. The summed E-state index contributed by atoms with van der Waals surface area (Å²) in [4.78, 5) is 0. The molecule has 1 aromatic rings. The average molecular weight is 236 g/mol. The Morgan fingerprint density at radius 1 is 1.29 bits per heavy atom. The maximum absolute atomic E-state index is 9.75. The molecule has 0 saturated carbocycles. The minimum Gasteiger partial charge on any atom is -0.390 e. The van der Waals surface area contributed by atoms with E-state index in [-0.39, 0.29) is 12.0 Å². The summed E-state index contributed by atoms with van der Waals surface area (Å²) in [5.74, 6) is 0. The summed E-state index contributed by atoms with van der Waals surface area (Å²) in [5, 5.41) is 9.75. The van der Waals surface area contributed by atoms with Crippen LogP contribution in [0.4, 0.5) is 0 Å². The molecule has 17 heavy (non-hydrogen) atoms. The topological polar surface area (TPSA) is 72.3 Å². The van der Waals surface area contributed by atoms with Crippen LogP contribution >= 0.6 is 0 Å². The normalized spacial score (nSPS) is 15.7. The smallest absolute Gasteiger partial charge is 0.0854 e. The molecular weight excluding hydrogens is 212 g/mol. The van der Waals surface area contributed by atoms with Crippen molar-refractivity contribution in [1.29, 1.82) is 0 Å². The lowest BCUT2D eigenvalue weighted by Gasteiger charge is -2.24. The van der Waals surface area contributed by atoms with E-state index in [0.29, 0.717) is 0 Å². The molecule has 1 aromatic carbocycles. The fourth-order valence-electron chi connectivity index (χ4n) is 1.82. The predicted octanol–water partition coefficient (Wildman–Crippen LogP) is 1.61. The van der Waals surface area contributed by atoms with Gasteiger partial charge >= 0.3 is 0 Å². The number of hydrogen-bond acceptors (Lipinski definition) is 3. The standard InChI is InChI=1S/C14H24N2O/c1-9-5-6-10(14(2,3)4)7-11(9)13(16)12(17)8-15/h5-7,12-13,17H,8,15-16H2,1-4H3. The van der Waals surface area contributed by atoms with Gasteiger partial charge in [0.05, 0.1) is 12.1 Å². The molecule has 2 unspecified atom stereocenters. The van der Waals surface area contributed by atoms with Crippen LogP contribution in [0.1, 0.15) is 43.5 Å². The maximum Gasteiger partial charge on any atom is 0.0854 e. The first-order valence-electron chi connectivity index (χ1n) is 6.02. The van der Waals surface area contributed by atoms with E-state index in [2.05, 4.69) is 39.0 Å². The van der Waals surface area contributed by atoms with Crippen LogP contribution in [0.5, 0.6) is 0 Å². The van der Waals surface area contributed by atoms with Gasteiger partial charge in [0, 0.05) is 6.54 Å². The van der Waals surface area contributed by atoms with E-state index < -0.39 is 12.1 Å². The molecule has 0 radical (unpaired) electrons. The van der Waals surface area contributed by atoms with Gasteiger partial charge in [-0.2, -0.15) is 0 Å². The van der Waals surface area contributed by atoms with E-state index in [9.17, 15) is 5.11 Å². The lowest BCUT2D eigenvalue weighted by molar-refractivity contribution is 0.152. The molecule has 0 aromatic heterocycles. The van der Waals surface area contributed by atoms with Gasteiger partial charge in [0.15, 0.2) is 0 Å². The number of aliphatic hydroxyl groups excluding tert-OH is 1. The molecule has 0 aliphatic heterocycles. The Morgan fingerprint density at radius 3 is 2.35 bits per heavy atom. The van der Waals surface area contributed by atoms with Crippen molar-refractivity contribution in [2.75, 3.05) is 6.54 Å². The van der Waals surface area contributed by atoms with Crippen molar-refractivity contribution in [3.05, 3.63) is 34.9 Å². The molecule has 0 saturated heterocycles. The molecule has 0 spiro atoms. The lowest BCUT2D eigenvalue weighted by atomic mass is 9.84. The van der Waals surface area contributed by atoms with Gasteiger partial charge in [0.25, 0.3) is 0 Å². The number of nitrogens with two attached hydrogens (primary N) is 2. The predicted molar refractivity (Wildman–Crippen MR) is 71.9 cm³/mol. The first-order valence-corrected chi connectivity index (χ1v) is 6.02. The van der Waals surface area contributed by atoms with Crippen molar-refractivity contribution < 1.29 is 5.11 Å². The van der Waals surface area contributed by atoms with Crippen LogP contribution in [0.3, 0.4) is 0 Å². The number of hydrogen-bond donors (Lipinski definition) is 3. The second-order valence-corrected chi connectivity index (χ2v) is 5.65. The lowest BCUT2D eigenvalue weighted by Crippen LogP contribution is -2.33. The fraction of sp³-hybridized carbons (Fsp3) is 0.571. The molecule has 0 heterocycles. The van der Waals surface area contributed by atoms with E-state index in [1.165, 1.54) is 5.56 Å². The molecule has 0 aliphatic carbocycles. The zero-order valence-electron chi connectivity index (χ0n) is 11.2. The number of aliphatic hydroxyl groups is 1. The second-order valence-electron chi connectivity index (χ2n) is 5.65. The second kappa shape index (κ2) is 5.17. The van der Waals surface area contributed by atoms with Crippen molar-refractivity contribution in [1.82, 2.24) is 0 Å². The molecular formula is C14H24N2O. The number of rotatable bonds is 3. The summed E-state index contributed by atoms with van der Waals surface area (Å²) in [6.45, 7) is 8.66. The van der Waals surface area contributed by atoms with E-state index in [1.54, 1.807) is 0 Å². The van der Waals surface area contributed by atoms with Crippen LogP contribution in [0.25, 0.3) is 0 Å². The Hall–Kier alpha value is -0.900. The maximum atomic E-state index is 9.75. The van der Waals surface area contributed by atoms with Gasteiger partial charge in [-0.3, -0.25) is 0 Å². The Bertz CT molecular complexity index is 382. The third kappa shape index (κ3) is 3.28. The molecule has 0 aliphatic rings. The summed E-state index contributed by atoms with van der Waals surface area (Å²) in [6, 6.07) is 5.83. The first kappa shape index (κ1) is 14.2. The van der Waals surface area contributed by atoms with Crippen molar-refractivity contribution in [3.63, 3.8) is 0 Å². The van der Waals surface area contributed by atoms with Crippen molar-refractivity contribution in [2.45, 2.75) is 45.3 Å². The van der Waals surface area contributed by atoms with E-state index >= 15 is 0 Å². The van der Waals surface area contributed by atoms with Gasteiger partial charge < -0.3 is 16.6 Å². The highest BCUT2D eigenvalue weighted by Gasteiger charge is 2.20. The minimum atomic E-state index is -0.691. The summed E-state index contributed by atoms with van der Waals surface area (Å²) in [6.07, 6.45) is -0.691. The Labute approximate surface area is 104 Å². The molecule has 3 heteroatoms. The summed E-state index contributed by atoms with van der Waals surface area (Å²) in [7, 11) is 0. The number of benzene rings is 1. The van der Waals surface area contributed by atoms with Gasteiger partial charge in [-0.25, -0.2) is 0 Å². The highest BCUT2D eigenvalue weighted by Crippen LogP contribution is 2.27. The molecule has 0 amide bonds. The van der Waals surface area contributed by atoms with Crippen molar-refractivity contribution >= 4 is 0 Å². The SMILES string of the molecule is Cc1ccc(C(C)(C)C)cc1C(N)C(O)CN. The van der Waals surface area contributed by atoms with Crippen molar-refractivity contribution in [3.8, 4) is 0 Å². The zero-order valence-corrected chi connectivity index (χ0v) is 11.2. The molecule has 1 rings (SSSR count). The Morgan fingerprint density at radius 2 is 1.88 bits per heavy atom. The first-order chi connectivity index (χ1) is 7.77.